The van der Waals surface area contributed by atoms with Gasteiger partial charge in [-0.05, 0) is 70.8 Å². The third-order valence-electron chi connectivity index (χ3n) is 5.88. The van der Waals surface area contributed by atoms with E-state index in [9.17, 15) is 8.42 Å². The molecule has 40 heavy (non-hydrogen) atoms. The highest BCUT2D eigenvalue weighted by Gasteiger charge is 2.13. The molecule has 2 aliphatic rings. The zero-order chi connectivity index (χ0) is 28.0. The van der Waals surface area contributed by atoms with E-state index in [1.807, 2.05) is 97.1 Å². The van der Waals surface area contributed by atoms with Gasteiger partial charge in [-0.15, -0.1) is 0 Å². The van der Waals surface area contributed by atoms with Crippen LogP contribution >= 0.6 is 0 Å². The van der Waals surface area contributed by atoms with Gasteiger partial charge in [-0.1, -0.05) is 60.7 Å². The lowest BCUT2D eigenvalue weighted by Crippen LogP contribution is -2.09. The first-order valence-corrected chi connectivity index (χ1v) is 14.3. The summed E-state index contributed by atoms with van der Waals surface area (Å²) < 4.78 is 45.9. The van der Waals surface area contributed by atoms with Crippen LogP contribution in [0.25, 0.3) is 24.3 Å². The number of fused-ring (bicyclic) bond motifs is 2. The summed E-state index contributed by atoms with van der Waals surface area (Å²) in [5.74, 6) is 3.11. The molecule has 6 rings (SSSR count). The zero-order valence-corrected chi connectivity index (χ0v) is 22.6. The number of nitrogens with one attached hydrogen (secondary N) is 1. The summed E-state index contributed by atoms with van der Waals surface area (Å²) >= 11 is 0. The van der Waals surface area contributed by atoms with Crippen LogP contribution < -0.4 is 29.4 Å². The minimum absolute atomic E-state index is 0.261. The summed E-state index contributed by atoms with van der Waals surface area (Å²) in [6.45, 7) is 0.567. The molecule has 4 aromatic carbocycles. The number of benzene rings is 4. The molecule has 0 spiro atoms. The number of hydrogen-bond acceptors (Lipinski definition) is 7. The predicted molar refractivity (Wildman–Crippen MR) is 159 cm³/mol. The third-order valence-corrected chi connectivity index (χ3v) is 6.49. The smallest absolute Gasteiger partial charge is 0.231 e. The van der Waals surface area contributed by atoms with Gasteiger partial charge in [0.25, 0.3) is 0 Å². The minimum Gasteiger partial charge on any atom is -0.454 e. The molecule has 0 fully saturated rings. The minimum atomic E-state index is -3.24. The number of nitrogens with two attached hydrogens (primary N) is 1. The fraction of sp³-hybridized carbons (Fsp3) is 0.0968. The molecular formula is C31H28N2O6S. The lowest BCUT2D eigenvalue weighted by Gasteiger charge is -2.03. The van der Waals surface area contributed by atoms with Crippen molar-refractivity contribution >= 4 is 45.7 Å². The molecule has 0 amide bonds. The fourth-order valence-electron chi connectivity index (χ4n) is 3.90. The number of rotatable bonds is 6. The second-order valence-corrected chi connectivity index (χ2v) is 10.8. The molecule has 9 heteroatoms. The van der Waals surface area contributed by atoms with Crippen molar-refractivity contribution in [3.8, 4) is 23.0 Å². The maximum absolute atomic E-state index is 11.1. The molecule has 0 saturated heterocycles. The van der Waals surface area contributed by atoms with Crippen LogP contribution in [0.5, 0.6) is 23.0 Å². The molecule has 2 heterocycles. The average Bonchev–Trinajstić information content (AvgIpc) is 3.61. The summed E-state index contributed by atoms with van der Waals surface area (Å²) in [4.78, 5) is 0. The Balaban J connectivity index is 0.000000164. The van der Waals surface area contributed by atoms with Crippen molar-refractivity contribution in [1.82, 2.24) is 0 Å². The molecule has 0 aromatic heterocycles. The van der Waals surface area contributed by atoms with Gasteiger partial charge in [-0.2, -0.15) is 0 Å². The van der Waals surface area contributed by atoms with E-state index in [4.69, 9.17) is 24.7 Å². The lowest BCUT2D eigenvalue weighted by molar-refractivity contribution is 0.173. The summed E-state index contributed by atoms with van der Waals surface area (Å²) in [6.07, 6.45) is 9.10. The Morgan fingerprint density at radius 1 is 0.600 bits per heavy atom. The third kappa shape index (κ3) is 7.36. The lowest BCUT2D eigenvalue weighted by atomic mass is 10.1. The predicted octanol–water partition coefficient (Wildman–Crippen LogP) is 6.13. The highest BCUT2D eigenvalue weighted by Crippen LogP contribution is 2.34. The van der Waals surface area contributed by atoms with Gasteiger partial charge in [0.15, 0.2) is 23.0 Å². The van der Waals surface area contributed by atoms with Crippen LogP contribution in [0.3, 0.4) is 0 Å². The van der Waals surface area contributed by atoms with Crippen molar-refractivity contribution in [1.29, 1.82) is 0 Å². The second kappa shape index (κ2) is 11.9. The largest absolute Gasteiger partial charge is 0.454 e. The Hall–Kier alpha value is -4.89. The number of sulfonamides is 1. The van der Waals surface area contributed by atoms with Crippen molar-refractivity contribution in [2.75, 3.05) is 30.3 Å². The fourth-order valence-corrected chi connectivity index (χ4v) is 4.47. The Morgan fingerprint density at radius 2 is 1.00 bits per heavy atom. The molecule has 0 bridgehead atoms. The van der Waals surface area contributed by atoms with Crippen molar-refractivity contribution < 1.29 is 27.4 Å². The van der Waals surface area contributed by atoms with E-state index in [1.54, 1.807) is 12.1 Å². The van der Waals surface area contributed by atoms with Gasteiger partial charge in [-0.25, -0.2) is 8.42 Å². The zero-order valence-electron chi connectivity index (χ0n) is 21.7. The van der Waals surface area contributed by atoms with Crippen LogP contribution in [0.15, 0.2) is 84.9 Å². The molecule has 3 N–H and O–H groups in total. The molecular weight excluding hydrogens is 528 g/mol. The van der Waals surface area contributed by atoms with Crippen LogP contribution in [0.4, 0.5) is 11.4 Å². The van der Waals surface area contributed by atoms with Gasteiger partial charge < -0.3 is 24.7 Å². The van der Waals surface area contributed by atoms with Gasteiger partial charge in [0.1, 0.15) is 0 Å². The molecule has 8 nitrogen and oxygen atoms in total. The van der Waals surface area contributed by atoms with E-state index < -0.39 is 10.0 Å². The van der Waals surface area contributed by atoms with Gasteiger partial charge >= 0.3 is 0 Å². The molecule has 0 radical (unpaired) electrons. The topological polar surface area (TPSA) is 109 Å². The Kier molecular flexibility index (Phi) is 7.93. The first-order chi connectivity index (χ1) is 19.3. The normalized spacial score (nSPS) is 13.3. The molecule has 0 saturated carbocycles. The molecule has 2 aliphatic heterocycles. The van der Waals surface area contributed by atoms with Gasteiger partial charge in [0.2, 0.25) is 23.6 Å². The van der Waals surface area contributed by atoms with Crippen molar-refractivity contribution in [2.24, 2.45) is 0 Å². The molecule has 0 unspecified atom stereocenters. The van der Waals surface area contributed by atoms with Crippen LogP contribution in [0.2, 0.25) is 0 Å². The quantitative estimate of drug-likeness (QED) is 0.217. The van der Waals surface area contributed by atoms with Crippen LogP contribution in [0.1, 0.15) is 22.3 Å². The van der Waals surface area contributed by atoms with Crippen molar-refractivity contribution in [2.45, 2.75) is 0 Å². The first-order valence-electron chi connectivity index (χ1n) is 12.4. The van der Waals surface area contributed by atoms with Crippen LogP contribution in [0, 0.1) is 0 Å². The molecule has 0 aliphatic carbocycles. The first kappa shape index (κ1) is 26.7. The summed E-state index contributed by atoms with van der Waals surface area (Å²) in [7, 11) is -3.24. The number of anilines is 2. The van der Waals surface area contributed by atoms with E-state index >= 15 is 0 Å². The molecule has 0 atom stereocenters. The van der Waals surface area contributed by atoms with Crippen LogP contribution in [-0.2, 0) is 10.0 Å². The maximum Gasteiger partial charge on any atom is 0.231 e. The Bertz CT molecular complexity index is 1650. The summed E-state index contributed by atoms with van der Waals surface area (Å²) in [6, 6.07) is 26.5. The van der Waals surface area contributed by atoms with Crippen LogP contribution in [-0.4, -0.2) is 28.3 Å². The number of ether oxygens (including phenoxy) is 4. The molecule has 204 valence electrons. The number of nitrogen functional groups attached to an aromatic ring is 1. The number of hydrogen-bond donors (Lipinski definition) is 2. The standard InChI is InChI=1S/C16H15NO4S.C15H13NO2/c1-22(18,19)17-14-7-4-12(5-8-14)2-3-13-6-9-15-16(10-13)21-11-20-15;16-13-6-3-11(4-7-13)1-2-12-5-8-14-15(9-12)18-10-17-14/h2-10,17H,11H2,1H3;1-9H,10,16H2/b3-2+;2-1+. The maximum atomic E-state index is 11.1. The second-order valence-electron chi connectivity index (χ2n) is 9.05. The van der Waals surface area contributed by atoms with E-state index in [0.29, 0.717) is 12.5 Å². The van der Waals surface area contributed by atoms with Crippen molar-refractivity contribution in [3.63, 3.8) is 0 Å². The molecule has 4 aromatic rings. The van der Waals surface area contributed by atoms with E-state index in [0.717, 1.165) is 57.2 Å². The van der Waals surface area contributed by atoms with E-state index in [1.165, 1.54) is 0 Å². The highest BCUT2D eigenvalue weighted by molar-refractivity contribution is 7.92. The average molecular weight is 557 g/mol. The van der Waals surface area contributed by atoms with Crippen molar-refractivity contribution in [3.05, 3.63) is 107 Å². The van der Waals surface area contributed by atoms with Gasteiger partial charge in [-0.3, -0.25) is 4.72 Å². The van der Waals surface area contributed by atoms with E-state index in [2.05, 4.69) is 4.72 Å². The SMILES string of the molecule is CS(=O)(=O)Nc1ccc(/C=C/c2ccc3c(c2)OCO3)cc1.Nc1ccc(/C=C/c2ccc3c(c2)OCO3)cc1. The van der Waals surface area contributed by atoms with Gasteiger partial charge in [0, 0.05) is 11.4 Å². The Labute approximate surface area is 233 Å². The summed E-state index contributed by atoms with van der Waals surface area (Å²) in [5, 5.41) is 0. The Morgan fingerprint density at radius 3 is 1.48 bits per heavy atom. The van der Waals surface area contributed by atoms with Gasteiger partial charge in [0.05, 0.1) is 6.26 Å². The summed E-state index contributed by atoms with van der Waals surface area (Å²) in [5.41, 5.74) is 11.1. The van der Waals surface area contributed by atoms with E-state index in [-0.39, 0.29) is 6.79 Å². The monoisotopic (exact) mass is 556 g/mol. The highest BCUT2D eigenvalue weighted by atomic mass is 32.2.